The Hall–Kier alpha value is -2.93. The van der Waals surface area contributed by atoms with Crippen LogP contribution in [0.3, 0.4) is 0 Å². The van der Waals surface area contributed by atoms with Gasteiger partial charge in [-0.1, -0.05) is 13.8 Å². The lowest BCUT2D eigenvalue weighted by Crippen LogP contribution is -2.48. The molecule has 0 bridgehead atoms. The van der Waals surface area contributed by atoms with Crippen LogP contribution in [-0.4, -0.2) is 47.8 Å². The highest BCUT2D eigenvalue weighted by Crippen LogP contribution is 2.34. The van der Waals surface area contributed by atoms with Crippen LogP contribution in [0.4, 0.5) is 11.4 Å². The molecular formula is C24H28N4O2S. The van der Waals surface area contributed by atoms with Gasteiger partial charge >= 0.3 is 0 Å². The van der Waals surface area contributed by atoms with E-state index in [1.54, 1.807) is 6.92 Å². The molecule has 1 aliphatic heterocycles. The van der Waals surface area contributed by atoms with E-state index in [0.717, 1.165) is 41.1 Å². The number of Topliss-reactive ketones (excluding diaryl/α,β-unsaturated/α-hetero) is 1. The Kier molecular flexibility index (Phi) is 5.96. The van der Waals surface area contributed by atoms with Crippen molar-refractivity contribution in [2.75, 3.05) is 36.8 Å². The fraction of sp³-hybridized carbons (Fsp3) is 0.375. The number of carbonyl (C=O) groups excluding carboxylic acids is 2. The summed E-state index contributed by atoms with van der Waals surface area (Å²) in [6.07, 6.45) is 0.909. The molecule has 1 aromatic carbocycles. The maximum atomic E-state index is 13.2. The van der Waals surface area contributed by atoms with Gasteiger partial charge in [0.25, 0.3) is 5.91 Å². The maximum Gasteiger partial charge on any atom is 0.266 e. The summed E-state index contributed by atoms with van der Waals surface area (Å²) in [5, 5.41) is 0.866. The van der Waals surface area contributed by atoms with Gasteiger partial charge in [0.1, 0.15) is 9.71 Å². The summed E-state index contributed by atoms with van der Waals surface area (Å²) in [6.45, 7) is 8.65. The zero-order chi connectivity index (χ0) is 22.1. The molecule has 7 heteroatoms. The Labute approximate surface area is 186 Å². The Morgan fingerprint density at radius 2 is 1.74 bits per heavy atom. The lowest BCUT2D eigenvalue weighted by atomic mass is 10.1. The van der Waals surface area contributed by atoms with Gasteiger partial charge in [-0.15, -0.1) is 11.3 Å². The summed E-state index contributed by atoms with van der Waals surface area (Å²) in [5.74, 6) is 0.574. The van der Waals surface area contributed by atoms with Gasteiger partial charge in [-0.25, -0.2) is 4.98 Å². The van der Waals surface area contributed by atoms with Gasteiger partial charge in [0.05, 0.1) is 5.69 Å². The number of anilines is 2. The number of hydrogen-bond donors (Lipinski definition) is 1. The van der Waals surface area contributed by atoms with E-state index in [2.05, 4.69) is 18.7 Å². The predicted molar refractivity (Wildman–Crippen MR) is 127 cm³/mol. The molecular weight excluding hydrogens is 408 g/mol. The lowest BCUT2D eigenvalue weighted by molar-refractivity contribution is 0.0752. The van der Waals surface area contributed by atoms with Gasteiger partial charge in [-0.2, -0.15) is 0 Å². The molecule has 1 amide bonds. The van der Waals surface area contributed by atoms with E-state index in [1.165, 1.54) is 11.3 Å². The van der Waals surface area contributed by atoms with Crippen LogP contribution in [0.5, 0.6) is 0 Å². The molecule has 162 valence electrons. The van der Waals surface area contributed by atoms with E-state index in [1.807, 2.05) is 41.3 Å². The van der Waals surface area contributed by atoms with E-state index < -0.39 is 0 Å². The summed E-state index contributed by atoms with van der Waals surface area (Å²) < 4.78 is 0. The molecule has 0 radical (unpaired) electrons. The molecule has 1 fully saturated rings. The first-order valence-electron chi connectivity index (χ1n) is 10.7. The smallest absolute Gasteiger partial charge is 0.266 e. The summed E-state index contributed by atoms with van der Waals surface area (Å²) in [6, 6.07) is 11.7. The van der Waals surface area contributed by atoms with Crippen LogP contribution in [-0.2, 0) is 6.42 Å². The predicted octanol–water partition coefficient (Wildman–Crippen LogP) is 4.24. The number of hydrogen-bond acceptors (Lipinski definition) is 6. The van der Waals surface area contributed by atoms with Crippen molar-refractivity contribution in [2.45, 2.75) is 27.2 Å². The molecule has 0 atom stereocenters. The van der Waals surface area contributed by atoms with Gasteiger partial charge in [0.15, 0.2) is 5.78 Å². The standard InChI is InChI=1S/C24H28N4O2S/c1-15(2)14-18-6-9-20-21(25)22(31-23(20)26-18)24(30)28-12-10-27(11-13-28)19-7-4-17(5-8-19)16(3)29/h4-9,15H,10-14,25H2,1-3H3. The fourth-order valence-corrected chi connectivity index (χ4v) is 5.03. The van der Waals surface area contributed by atoms with Crippen molar-refractivity contribution in [3.63, 3.8) is 0 Å². The van der Waals surface area contributed by atoms with Crippen molar-refractivity contribution in [3.8, 4) is 0 Å². The quantitative estimate of drug-likeness (QED) is 0.605. The second kappa shape index (κ2) is 8.67. The molecule has 3 heterocycles. The zero-order valence-corrected chi connectivity index (χ0v) is 19.0. The third-order valence-corrected chi connectivity index (χ3v) is 6.77. The maximum absolute atomic E-state index is 13.2. The van der Waals surface area contributed by atoms with Gasteiger partial charge in [-0.05, 0) is 55.7 Å². The van der Waals surface area contributed by atoms with Crippen molar-refractivity contribution in [1.82, 2.24) is 9.88 Å². The van der Waals surface area contributed by atoms with Crippen LogP contribution in [0, 0.1) is 5.92 Å². The normalized spacial score (nSPS) is 14.5. The molecule has 31 heavy (non-hydrogen) atoms. The van der Waals surface area contributed by atoms with E-state index in [-0.39, 0.29) is 11.7 Å². The summed E-state index contributed by atoms with van der Waals surface area (Å²) >= 11 is 1.40. The number of ketones is 1. The Bertz CT molecular complexity index is 1110. The molecule has 1 aliphatic rings. The van der Waals surface area contributed by atoms with Crippen molar-refractivity contribution in [2.24, 2.45) is 5.92 Å². The number of nitrogens with two attached hydrogens (primary N) is 1. The van der Waals surface area contributed by atoms with Crippen molar-refractivity contribution in [1.29, 1.82) is 0 Å². The van der Waals surface area contributed by atoms with Crippen molar-refractivity contribution < 1.29 is 9.59 Å². The molecule has 2 N–H and O–H groups in total. The molecule has 1 saturated heterocycles. The van der Waals surface area contributed by atoms with Crippen LogP contribution in [0.2, 0.25) is 0 Å². The monoisotopic (exact) mass is 436 g/mol. The first-order chi connectivity index (χ1) is 14.8. The Morgan fingerprint density at radius 3 is 2.35 bits per heavy atom. The number of thiophene rings is 1. The Morgan fingerprint density at radius 1 is 1.06 bits per heavy atom. The van der Waals surface area contributed by atoms with Gasteiger partial charge in [0.2, 0.25) is 0 Å². The van der Waals surface area contributed by atoms with Crippen LogP contribution >= 0.6 is 11.3 Å². The van der Waals surface area contributed by atoms with Crippen molar-refractivity contribution in [3.05, 3.63) is 52.5 Å². The SMILES string of the molecule is CC(=O)c1ccc(N2CCN(C(=O)c3sc4nc(CC(C)C)ccc4c3N)CC2)cc1. The summed E-state index contributed by atoms with van der Waals surface area (Å²) in [5.41, 5.74) is 9.69. The highest BCUT2D eigenvalue weighted by molar-refractivity contribution is 7.21. The molecule has 4 rings (SSSR count). The summed E-state index contributed by atoms with van der Waals surface area (Å²) in [7, 11) is 0. The van der Waals surface area contributed by atoms with Crippen molar-refractivity contribution >= 4 is 44.6 Å². The topological polar surface area (TPSA) is 79.5 Å². The van der Waals surface area contributed by atoms with E-state index in [9.17, 15) is 9.59 Å². The minimum Gasteiger partial charge on any atom is -0.397 e. The molecule has 2 aromatic heterocycles. The highest BCUT2D eigenvalue weighted by atomic mass is 32.1. The highest BCUT2D eigenvalue weighted by Gasteiger charge is 2.26. The van der Waals surface area contributed by atoms with Crippen LogP contribution < -0.4 is 10.6 Å². The minimum absolute atomic E-state index is 0.0162. The average Bonchev–Trinajstić information content (AvgIpc) is 3.08. The third-order valence-electron chi connectivity index (χ3n) is 5.67. The first-order valence-corrected chi connectivity index (χ1v) is 11.5. The number of benzene rings is 1. The van der Waals surface area contributed by atoms with Crippen LogP contribution in [0.15, 0.2) is 36.4 Å². The number of pyridine rings is 1. The largest absolute Gasteiger partial charge is 0.397 e. The number of fused-ring (bicyclic) bond motifs is 1. The minimum atomic E-state index is -0.0162. The van der Waals surface area contributed by atoms with E-state index in [0.29, 0.717) is 35.1 Å². The zero-order valence-electron chi connectivity index (χ0n) is 18.2. The van der Waals surface area contributed by atoms with E-state index in [4.69, 9.17) is 10.7 Å². The lowest BCUT2D eigenvalue weighted by Gasteiger charge is -2.36. The second-order valence-corrected chi connectivity index (χ2v) is 9.48. The fourth-order valence-electron chi connectivity index (χ4n) is 3.94. The van der Waals surface area contributed by atoms with Crippen LogP contribution in [0.25, 0.3) is 10.2 Å². The molecule has 3 aromatic rings. The van der Waals surface area contributed by atoms with E-state index >= 15 is 0 Å². The molecule has 0 saturated carbocycles. The third kappa shape index (κ3) is 4.42. The van der Waals surface area contributed by atoms with Gasteiger partial charge < -0.3 is 15.5 Å². The second-order valence-electron chi connectivity index (χ2n) is 8.48. The average molecular weight is 437 g/mol. The van der Waals surface area contributed by atoms with Gasteiger partial charge in [0, 0.05) is 48.5 Å². The number of amides is 1. The number of piperazine rings is 1. The molecule has 0 aliphatic carbocycles. The van der Waals surface area contributed by atoms with Gasteiger partial charge in [-0.3, -0.25) is 9.59 Å². The molecule has 0 spiro atoms. The number of nitrogens with zero attached hydrogens (tertiary/aromatic N) is 3. The molecule has 6 nitrogen and oxygen atoms in total. The van der Waals surface area contributed by atoms with Crippen LogP contribution in [0.1, 0.15) is 46.5 Å². The Balaban J connectivity index is 1.46. The number of nitrogen functional groups attached to an aromatic ring is 1. The number of carbonyl (C=O) groups is 2. The number of rotatable bonds is 5. The first kappa shape index (κ1) is 21.3. The molecule has 0 unspecified atom stereocenters. The number of aromatic nitrogens is 1. The summed E-state index contributed by atoms with van der Waals surface area (Å²) in [4.78, 5) is 34.9.